The summed E-state index contributed by atoms with van der Waals surface area (Å²) in [7, 11) is -3.98. The van der Waals surface area contributed by atoms with Crippen LogP contribution in [-0.2, 0) is 11.0 Å². The van der Waals surface area contributed by atoms with E-state index < -0.39 is 16.6 Å². The summed E-state index contributed by atoms with van der Waals surface area (Å²) in [5.41, 5.74) is 2.15. The number of carbonyl (C=O) groups excluding carboxylic acids is 1. The van der Waals surface area contributed by atoms with Crippen LogP contribution < -0.4 is 4.43 Å². The third-order valence-electron chi connectivity index (χ3n) is 6.01. The van der Waals surface area contributed by atoms with Crippen LogP contribution in [0, 0.1) is 6.92 Å². The number of rotatable bonds is 6. The molecule has 1 heterocycles. The summed E-state index contributed by atoms with van der Waals surface area (Å²) in [4.78, 5) is 16.4. The predicted octanol–water partition coefficient (Wildman–Crippen LogP) is 6.11. The molecule has 26 heavy (non-hydrogen) atoms. The average Bonchev–Trinajstić information content (AvgIpc) is 2.45. The van der Waals surface area contributed by atoms with E-state index in [2.05, 4.69) is 72.7 Å². The van der Waals surface area contributed by atoms with Crippen LogP contribution >= 0.6 is 0 Å². The number of pyridine rings is 1. The molecule has 0 N–H and O–H groups in total. The van der Waals surface area contributed by atoms with Crippen molar-refractivity contribution in [1.29, 1.82) is 0 Å². The summed E-state index contributed by atoms with van der Waals surface area (Å²) in [5.74, 6) is 0.628. The SMILES string of the molecule is Cc1ncc(CO[Si](C)(C)C(C)(C)C)c(C=O)c1O[Si](C)(C)C(C)(C)C. The van der Waals surface area contributed by atoms with Gasteiger partial charge in [-0.3, -0.25) is 9.78 Å². The van der Waals surface area contributed by atoms with Gasteiger partial charge in [-0.15, -0.1) is 0 Å². The molecule has 0 aliphatic carbocycles. The van der Waals surface area contributed by atoms with Gasteiger partial charge in [0.2, 0.25) is 0 Å². The molecule has 0 aromatic carbocycles. The highest BCUT2D eigenvalue weighted by Gasteiger charge is 2.40. The average molecular weight is 396 g/mol. The maximum Gasteiger partial charge on any atom is 0.250 e. The standard InChI is InChI=1S/C20H37NO3Si2/c1-15-18(24-26(10,11)20(5,6)7)17(13-22)16(12-21-15)14-23-25(8,9)19(2,3)4/h12-13H,14H2,1-11H3. The molecule has 0 saturated carbocycles. The van der Waals surface area contributed by atoms with Crippen LogP contribution in [0.15, 0.2) is 6.20 Å². The Morgan fingerprint density at radius 2 is 1.50 bits per heavy atom. The van der Waals surface area contributed by atoms with E-state index in [0.717, 1.165) is 17.5 Å². The van der Waals surface area contributed by atoms with Crippen LogP contribution in [0.1, 0.15) is 63.2 Å². The van der Waals surface area contributed by atoms with Gasteiger partial charge in [-0.1, -0.05) is 41.5 Å². The number of hydrogen-bond acceptors (Lipinski definition) is 4. The van der Waals surface area contributed by atoms with E-state index in [1.54, 1.807) is 6.20 Å². The number of aryl methyl sites for hydroxylation is 1. The number of nitrogens with zero attached hydrogens (tertiary/aromatic N) is 1. The molecule has 0 amide bonds. The van der Waals surface area contributed by atoms with Crippen molar-refractivity contribution in [3.8, 4) is 5.75 Å². The van der Waals surface area contributed by atoms with Crippen molar-refractivity contribution in [1.82, 2.24) is 4.98 Å². The molecule has 0 bridgehead atoms. The third kappa shape index (κ3) is 5.05. The first-order valence-electron chi connectivity index (χ1n) is 9.30. The van der Waals surface area contributed by atoms with E-state index in [1.807, 2.05) is 6.92 Å². The first-order valence-corrected chi connectivity index (χ1v) is 15.1. The topological polar surface area (TPSA) is 48.4 Å². The molecule has 0 saturated heterocycles. The first kappa shape index (κ1) is 23.1. The number of carbonyl (C=O) groups is 1. The Morgan fingerprint density at radius 1 is 1.00 bits per heavy atom. The maximum absolute atomic E-state index is 11.9. The molecule has 0 unspecified atom stereocenters. The lowest BCUT2D eigenvalue weighted by Gasteiger charge is -2.38. The van der Waals surface area contributed by atoms with Crippen LogP contribution in [0.5, 0.6) is 5.75 Å². The Labute approximate surface area is 162 Å². The first-order chi connectivity index (χ1) is 11.5. The molecule has 0 aliphatic heterocycles. The fourth-order valence-electron chi connectivity index (χ4n) is 1.90. The van der Waals surface area contributed by atoms with Crippen molar-refractivity contribution >= 4 is 22.9 Å². The fraction of sp³-hybridized carbons (Fsp3) is 0.700. The molecule has 0 radical (unpaired) electrons. The van der Waals surface area contributed by atoms with Crippen LogP contribution in [0.2, 0.25) is 36.3 Å². The quantitative estimate of drug-likeness (QED) is 0.431. The normalized spacial score (nSPS) is 13.7. The van der Waals surface area contributed by atoms with Gasteiger partial charge in [-0.05, 0) is 43.2 Å². The Kier molecular flexibility index (Phi) is 6.70. The summed E-state index contributed by atoms with van der Waals surface area (Å²) in [6.45, 7) is 24.3. The van der Waals surface area contributed by atoms with Gasteiger partial charge in [-0.2, -0.15) is 0 Å². The van der Waals surface area contributed by atoms with Crippen molar-refractivity contribution in [2.24, 2.45) is 0 Å². The largest absolute Gasteiger partial charge is 0.542 e. The summed E-state index contributed by atoms with van der Waals surface area (Å²) in [6, 6.07) is 0. The Morgan fingerprint density at radius 3 is 1.92 bits per heavy atom. The minimum atomic E-state index is -2.07. The lowest BCUT2D eigenvalue weighted by atomic mass is 10.1. The lowest BCUT2D eigenvalue weighted by molar-refractivity contribution is 0.111. The summed E-state index contributed by atoms with van der Waals surface area (Å²) in [5, 5.41) is 0.167. The number of hydrogen-bond donors (Lipinski definition) is 0. The van der Waals surface area contributed by atoms with Gasteiger partial charge in [0, 0.05) is 11.8 Å². The summed E-state index contributed by atoms with van der Waals surface area (Å²) >= 11 is 0. The van der Waals surface area contributed by atoms with Crippen LogP contribution in [-0.4, -0.2) is 27.9 Å². The monoisotopic (exact) mass is 395 g/mol. The van der Waals surface area contributed by atoms with Crippen LogP contribution in [0.25, 0.3) is 0 Å². The summed E-state index contributed by atoms with van der Waals surface area (Å²) < 4.78 is 12.8. The van der Waals surface area contributed by atoms with Crippen molar-refractivity contribution in [3.05, 3.63) is 23.0 Å². The van der Waals surface area contributed by atoms with Gasteiger partial charge in [0.05, 0.1) is 17.9 Å². The minimum Gasteiger partial charge on any atom is -0.542 e. The molecule has 1 aromatic heterocycles. The molecular weight excluding hydrogens is 358 g/mol. The van der Waals surface area contributed by atoms with Crippen LogP contribution in [0.3, 0.4) is 0 Å². The third-order valence-corrected chi connectivity index (χ3v) is 14.8. The van der Waals surface area contributed by atoms with Crippen molar-refractivity contribution in [2.45, 2.75) is 91.3 Å². The maximum atomic E-state index is 11.9. The summed E-state index contributed by atoms with van der Waals surface area (Å²) in [6.07, 6.45) is 2.65. The van der Waals surface area contributed by atoms with Gasteiger partial charge in [0.1, 0.15) is 5.75 Å². The molecule has 0 atom stereocenters. The second-order valence-electron chi connectivity index (χ2n) is 10.1. The van der Waals surface area contributed by atoms with Crippen LogP contribution in [0.4, 0.5) is 0 Å². The minimum absolute atomic E-state index is 0.0488. The second-order valence-corrected chi connectivity index (χ2v) is 19.7. The smallest absolute Gasteiger partial charge is 0.250 e. The molecule has 148 valence electrons. The molecule has 4 nitrogen and oxygen atoms in total. The van der Waals surface area contributed by atoms with Gasteiger partial charge in [0.25, 0.3) is 8.32 Å². The van der Waals surface area contributed by atoms with E-state index in [1.165, 1.54) is 0 Å². The molecule has 1 rings (SSSR count). The van der Waals surface area contributed by atoms with E-state index >= 15 is 0 Å². The molecule has 1 aromatic rings. The van der Waals surface area contributed by atoms with E-state index in [0.29, 0.717) is 17.9 Å². The lowest BCUT2D eigenvalue weighted by Crippen LogP contribution is -2.44. The van der Waals surface area contributed by atoms with E-state index in [4.69, 9.17) is 8.85 Å². The molecular formula is C20H37NO3Si2. The number of aromatic nitrogens is 1. The fourth-order valence-corrected chi connectivity index (χ4v) is 3.92. The molecule has 0 fully saturated rings. The zero-order valence-corrected chi connectivity index (χ0v) is 20.5. The van der Waals surface area contributed by atoms with Gasteiger partial charge in [-0.25, -0.2) is 0 Å². The Balaban J connectivity index is 3.25. The predicted molar refractivity (Wildman–Crippen MR) is 114 cm³/mol. The number of aldehydes is 1. The van der Waals surface area contributed by atoms with E-state index in [9.17, 15) is 4.79 Å². The van der Waals surface area contributed by atoms with Gasteiger partial charge in [0.15, 0.2) is 14.6 Å². The highest BCUT2D eigenvalue weighted by Crippen LogP contribution is 2.40. The Bertz CT molecular complexity index is 656. The van der Waals surface area contributed by atoms with Gasteiger partial charge < -0.3 is 8.85 Å². The van der Waals surface area contributed by atoms with E-state index in [-0.39, 0.29) is 10.1 Å². The zero-order chi connectivity index (χ0) is 20.6. The van der Waals surface area contributed by atoms with Crippen molar-refractivity contribution in [3.63, 3.8) is 0 Å². The van der Waals surface area contributed by atoms with Crippen molar-refractivity contribution in [2.75, 3.05) is 0 Å². The molecule has 0 spiro atoms. The molecule has 0 aliphatic rings. The second kappa shape index (κ2) is 7.56. The highest BCUT2D eigenvalue weighted by atomic mass is 28.4. The molecule has 6 heteroatoms. The van der Waals surface area contributed by atoms with Crippen molar-refractivity contribution < 1.29 is 13.6 Å². The van der Waals surface area contributed by atoms with Gasteiger partial charge >= 0.3 is 0 Å². The highest BCUT2D eigenvalue weighted by molar-refractivity contribution is 6.75. The zero-order valence-electron chi connectivity index (χ0n) is 18.5. The Hall–Kier alpha value is -0.986.